The van der Waals surface area contributed by atoms with Crippen LogP contribution >= 0.6 is 11.3 Å². The number of aromatic nitrogens is 1. The van der Waals surface area contributed by atoms with E-state index in [4.69, 9.17) is 4.74 Å². The van der Waals surface area contributed by atoms with Gasteiger partial charge in [-0.2, -0.15) is 0 Å². The lowest BCUT2D eigenvalue weighted by Crippen LogP contribution is -2.02. The first-order valence-corrected chi connectivity index (χ1v) is 9.52. The van der Waals surface area contributed by atoms with E-state index in [1.54, 1.807) is 36.4 Å². The Balaban J connectivity index is 1.87. The molecule has 0 amide bonds. The van der Waals surface area contributed by atoms with Crippen molar-refractivity contribution < 1.29 is 14.6 Å². The van der Waals surface area contributed by atoms with Crippen LogP contribution in [-0.2, 0) is 0 Å². The number of nitrogens with zero attached hydrogens (tertiary/aromatic N) is 1. The molecular formula is C23H17NO3S. The van der Waals surface area contributed by atoms with Gasteiger partial charge >= 0.3 is 0 Å². The molecule has 4 rings (SSSR count). The maximum Gasteiger partial charge on any atom is 0.196 e. The molecule has 4 aromatic rings. The van der Waals surface area contributed by atoms with Gasteiger partial charge in [0.25, 0.3) is 0 Å². The minimum absolute atomic E-state index is 0.0515. The largest absolute Gasteiger partial charge is 0.504 e. The highest BCUT2D eigenvalue weighted by molar-refractivity contribution is 7.20. The van der Waals surface area contributed by atoms with Crippen LogP contribution in [0.3, 0.4) is 0 Å². The molecule has 0 aliphatic rings. The van der Waals surface area contributed by atoms with E-state index in [2.05, 4.69) is 4.98 Å². The van der Waals surface area contributed by atoms with Crippen molar-refractivity contribution in [2.24, 2.45) is 0 Å². The number of Topliss-reactive ketones (excluding diaryl/α,β-unsaturated/α-hetero) is 1. The van der Waals surface area contributed by atoms with Crippen LogP contribution in [0.15, 0.2) is 72.8 Å². The molecular weight excluding hydrogens is 370 g/mol. The lowest BCUT2D eigenvalue weighted by atomic mass is 10.0. The normalized spacial score (nSPS) is 11.5. The molecule has 138 valence electrons. The minimum atomic E-state index is -0.105. The number of methoxy groups -OCH3 is 1. The molecule has 4 nitrogen and oxygen atoms in total. The van der Waals surface area contributed by atoms with E-state index < -0.39 is 0 Å². The molecule has 3 aromatic carbocycles. The van der Waals surface area contributed by atoms with Gasteiger partial charge < -0.3 is 9.84 Å². The number of hydrogen-bond donors (Lipinski definition) is 1. The number of carbonyl (C=O) groups excluding carboxylic acids is 1. The second kappa shape index (κ2) is 7.66. The summed E-state index contributed by atoms with van der Waals surface area (Å²) in [6.07, 6.45) is 1.79. The van der Waals surface area contributed by atoms with E-state index in [9.17, 15) is 9.90 Å². The molecule has 0 fully saturated rings. The molecule has 0 saturated carbocycles. The predicted octanol–water partition coefficient (Wildman–Crippen LogP) is 5.43. The Labute approximate surface area is 166 Å². The molecule has 0 radical (unpaired) electrons. The zero-order chi connectivity index (χ0) is 19.5. The number of rotatable bonds is 5. The molecule has 0 aliphatic carbocycles. The third kappa shape index (κ3) is 3.52. The maximum absolute atomic E-state index is 13.3. The first-order valence-electron chi connectivity index (χ1n) is 8.70. The van der Waals surface area contributed by atoms with Crippen LogP contribution in [0.2, 0.25) is 0 Å². The number of ketones is 1. The molecule has 0 saturated heterocycles. The van der Waals surface area contributed by atoms with Crippen molar-refractivity contribution in [3.8, 4) is 11.5 Å². The lowest BCUT2D eigenvalue weighted by Gasteiger charge is -2.07. The van der Waals surface area contributed by atoms with Crippen molar-refractivity contribution >= 4 is 39.0 Å². The van der Waals surface area contributed by atoms with E-state index in [0.29, 0.717) is 21.9 Å². The smallest absolute Gasteiger partial charge is 0.196 e. The molecule has 1 aromatic heterocycles. The molecule has 0 bridgehead atoms. The average molecular weight is 387 g/mol. The topological polar surface area (TPSA) is 59.4 Å². The van der Waals surface area contributed by atoms with Gasteiger partial charge in [0.2, 0.25) is 0 Å². The predicted molar refractivity (Wildman–Crippen MR) is 113 cm³/mol. The van der Waals surface area contributed by atoms with Gasteiger partial charge in [0, 0.05) is 5.56 Å². The number of ether oxygens (including phenoxy) is 1. The van der Waals surface area contributed by atoms with Gasteiger partial charge in [0.15, 0.2) is 17.3 Å². The minimum Gasteiger partial charge on any atom is -0.504 e. The Morgan fingerprint density at radius 3 is 2.54 bits per heavy atom. The van der Waals surface area contributed by atoms with Crippen molar-refractivity contribution in [1.29, 1.82) is 0 Å². The van der Waals surface area contributed by atoms with Crippen molar-refractivity contribution in [3.05, 3.63) is 88.9 Å². The third-order valence-corrected chi connectivity index (χ3v) is 5.39. The Hall–Kier alpha value is -3.44. The zero-order valence-corrected chi connectivity index (χ0v) is 15.9. The summed E-state index contributed by atoms with van der Waals surface area (Å²) in [4.78, 5) is 17.9. The quantitative estimate of drug-likeness (QED) is 0.366. The van der Waals surface area contributed by atoms with Gasteiger partial charge in [-0.3, -0.25) is 4.79 Å². The van der Waals surface area contributed by atoms with Crippen molar-refractivity contribution in [1.82, 2.24) is 4.98 Å². The molecule has 5 heteroatoms. The van der Waals surface area contributed by atoms with Gasteiger partial charge in [-0.15, -0.1) is 11.3 Å². The van der Waals surface area contributed by atoms with E-state index in [1.165, 1.54) is 18.4 Å². The Morgan fingerprint density at radius 1 is 1.04 bits per heavy atom. The summed E-state index contributed by atoms with van der Waals surface area (Å²) >= 11 is 1.48. The molecule has 0 unspecified atom stereocenters. The van der Waals surface area contributed by atoms with Crippen LogP contribution in [0.4, 0.5) is 0 Å². The third-order valence-electron chi connectivity index (χ3n) is 4.32. The first-order chi connectivity index (χ1) is 13.7. The van der Waals surface area contributed by atoms with Crippen LogP contribution < -0.4 is 4.74 Å². The number of aromatic hydroxyl groups is 1. The molecule has 28 heavy (non-hydrogen) atoms. The summed E-state index contributed by atoms with van der Waals surface area (Å²) in [6, 6.07) is 21.9. The fourth-order valence-electron chi connectivity index (χ4n) is 2.91. The summed E-state index contributed by atoms with van der Waals surface area (Å²) in [5.41, 5.74) is 2.70. The van der Waals surface area contributed by atoms with Crippen LogP contribution in [0.1, 0.15) is 20.9 Å². The molecule has 1 N–H and O–H groups in total. The number of hydrogen-bond acceptors (Lipinski definition) is 5. The number of allylic oxidation sites excluding steroid dienone is 1. The summed E-state index contributed by atoms with van der Waals surface area (Å²) in [6.45, 7) is 0. The fraction of sp³-hybridized carbons (Fsp3) is 0.0435. The highest BCUT2D eigenvalue weighted by atomic mass is 32.1. The highest BCUT2D eigenvalue weighted by Gasteiger charge is 2.18. The Bertz CT molecular complexity index is 1150. The van der Waals surface area contributed by atoms with Crippen LogP contribution in [0, 0.1) is 0 Å². The van der Waals surface area contributed by atoms with Crippen molar-refractivity contribution in [2.45, 2.75) is 0 Å². The second-order valence-corrected chi connectivity index (χ2v) is 7.20. The van der Waals surface area contributed by atoms with Crippen LogP contribution in [0.5, 0.6) is 11.5 Å². The second-order valence-electron chi connectivity index (χ2n) is 6.17. The van der Waals surface area contributed by atoms with Crippen LogP contribution in [0.25, 0.3) is 21.9 Å². The summed E-state index contributed by atoms with van der Waals surface area (Å²) in [7, 11) is 1.49. The average Bonchev–Trinajstić information content (AvgIpc) is 3.17. The first kappa shape index (κ1) is 17.9. The van der Waals surface area contributed by atoms with E-state index in [0.717, 1.165) is 15.8 Å². The van der Waals surface area contributed by atoms with Gasteiger partial charge in [-0.1, -0.05) is 48.5 Å². The standard InChI is InChI=1S/C23H17NO3S/c1-27-20-14-15(11-12-19(20)25)13-17(22(26)16-7-3-2-4-8-16)23-24-18-9-5-6-10-21(18)28-23/h2-14,25H,1H3/b17-13-. The van der Waals surface area contributed by atoms with Crippen molar-refractivity contribution in [2.75, 3.05) is 7.11 Å². The number of thiazole rings is 1. The summed E-state index contributed by atoms with van der Waals surface area (Å²) in [5.74, 6) is 0.298. The Morgan fingerprint density at radius 2 is 1.79 bits per heavy atom. The van der Waals surface area contributed by atoms with Crippen LogP contribution in [-0.4, -0.2) is 23.0 Å². The van der Waals surface area contributed by atoms with Gasteiger partial charge in [0.05, 0.1) is 22.9 Å². The maximum atomic E-state index is 13.3. The number of para-hydroxylation sites is 1. The van der Waals surface area contributed by atoms with Gasteiger partial charge in [-0.05, 0) is 35.9 Å². The van der Waals surface area contributed by atoms with E-state index in [-0.39, 0.29) is 11.5 Å². The van der Waals surface area contributed by atoms with Crippen molar-refractivity contribution in [3.63, 3.8) is 0 Å². The van der Waals surface area contributed by atoms with E-state index >= 15 is 0 Å². The Kier molecular flexibility index (Phi) is 4.91. The lowest BCUT2D eigenvalue weighted by molar-refractivity contribution is 0.105. The van der Waals surface area contributed by atoms with Gasteiger partial charge in [0.1, 0.15) is 5.01 Å². The number of benzene rings is 3. The van der Waals surface area contributed by atoms with Gasteiger partial charge in [-0.25, -0.2) is 4.98 Å². The monoisotopic (exact) mass is 387 g/mol. The fourth-order valence-corrected chi connectivity index (χ4v) is 3.89. The highest BCUT2D eigenvalue weighted by Crippen LogP contribution is 2.32. The molecule has 1 heterocycles. The molecule has 0 atom stereocenters. The SMILES string of the molecule is COc1cc(/C=C(/C(=O)c2ccccc2)c2nc3ccccc3s2)ccc1O. The van der Waals surface area contributed by atoms with E-state index in [1.807, 2.05) is 42.5 Å². The zero-order valence-electron chi connectivity index (χ0n) is 15.1. The number of phenols is 1. The number of phenolic OH excluding ortho intramolecular Hbond substituents is 1. The molecule has 0 spiro atoms. The molecule has 0 aliphatic heterocycles. The number of carbonyl (C=O) groups is 1. The summed E-state index contributed by atoms with van der Waals surface area (Å²) in [5, 5.41) is 10.5. The number of fused-ring (bicyclic) bond motifs is 1. The summed E-state index contributed by atoms with van der Waals surface area (Å²) < 4.78 is 6.21.